The summed E-state index contributed by atoms with van der Waals surface area (Å²) in [4.78, 5) is 11.9. The van der Waals surface area contributed by atoms with E-state index in [0.29, 0.717) is 18.2 Å². The van der Waals surface area contributed by atoms with Gasteiger partial charge < -0.3 is 11.1 Å². The Morgan fingerprint density at radius 2 is 1.95 bits per heavy atom. The molecule has 1 unspecified atom stereocenters. The fraction of sp³-hybridized carbons (Fsp3) is 0.417. The van der Waals surface area contributed by atoms with Gasteiger partial charge in [0.15, 0.2) is 0 Å². The van der Waals surface area contributed by atoms with Crippen LogP contribution in [0.4, 0.5) is 5.69 Å². The molecule has 1 amide bonds. The number of nitrogens with two attached hydrogens (primary N) is 1. The first-order valence-electron chi connectivity index (χ1n) is 5.66. The third-order valence-electron chi connectivity index (χ3n) is 2.31. The maximum Gasteiger partial charge on any atom is 0.234 e. The first-order valence-corrected chi connectivity index (χ1v) is 9.19. The molecule has 1 aromatic rings. The molecular weight excluding hydrogens is 460 g/mol. The molecule has 0 radical (unpaired) electrons. The maximum absolute atomic E-state index is 11.9. The third kappa shape index (κ3) is 6.16. The first-order chi connectivity index (χ1) is 8.93. The fourth-order valence-corrected chi connectivity index (χ4v) is 4.63. The van der Waals surface area contributed by atoms with Gasteiger partial charge >= 0.3 is 0 Å². The van der Waals surface area contributed by atoms with Crippen molar-refractivity contribution in [2.24, 2.45) is 11.7 Å². The molecule has 1 rings (SSSR count). The molecular formula is C12H15Br3N2OS. The van der Waals surface area contributed by atoms with Crippen LogP contribution in [-0.2, 0) is 4.79 Å². The number of thioether (sulfide) groups is 1. The van der Waals surface area contributed by atoms with Crippen molar-refractivity contribution < 1.29 is 4.79 Å². The molecule has 3 N–H and O–H groups in total. The summed E-state index contributed by atoms with van der Waals surface area (Å²) in [6, 6.07) is 3.79. The summed E-state index contributed by atoms with van der Waals surface area (Å²) in [5.74, 6) is 1.74. The predicted octanol–water partition coefficient (Wildman–Crippen LogP) is 4.24. The maximum atomic E-state index is 11.9. The number of benzene rings is 1. The minimum Gasteiger partial charge on any atom is -0.330 e. The molecule has 0 aliphatic carbocycles. The van der Waals surface area contributed by atoms with Gasteiger partial charge in [-0.3, -0.25) is 4.79 Å². The number of rotatable bonds is 6. The summed E-state index contributed by atoms with van der Waals surface area (Å²) in [6.45, 7) is 2.73. The molecule has 0 heterocycles. The Morgan fingerprint density at radius 1 is 1.37 bits per heavy atom. The van der Waals surface area contributed by atoms with Crippen molar-refractivity contribution in [1.29, 1.82) is 0 Å². The Labute approximate surface area is 142 Å². The Kier molecular flexibility index (Phi) is 7.98. The number of nitrogens with one attached hydrogen (secondary N) is 1. The smallest absolute Gasteiger partial charge is 0.234 e. The van der Waals surface area contributed by atoms with Crippen molar-refractivity contribution >= 4 is 71.1 Å². The van der Waals surface area contributed by atoms with Crippen molar-refractivity contribution in [3.8, 4) is 0 Å². The van der Waals surface area contributed by atoms with E-state index in [-0.39, 0.29) is 5.91 Å². The minimum absolute atomic E-state index is 0.0158. The molecule has 0 spiro atoms. The van der Waals surface area contributed by atoms with E-state index in [0.717, 1.165) is 24.9 Å². The Hall–Kier alpha value is 0.440. The van der Waals surface area contributed by atoms with Crippen LogP contribution in [0.1, 0.15) is 6.92 Å². The van der Waals surface area contributed by atoms with Gasteiger partial charge in [-0.05, 0) is 62.2 Å². The second-order valence-corrected chi connectivity index (χ2v) is 7.80. The van der Waals surface area contributed by atoms with Crippen LogP contribution in [0.25, 0.3) is 0 Å². The van der Waals surface area contributed by atoms with Crippen LogP contribution in [0.2, 0.25) is 0 Å². The van der Waals surface area contributed by atoms with Gasteiger partial charge in [0.25, 0.3) is 0 Å². The van der Waals surface area contributed by atoms with E-state index in [1.165, 1.54) is 0 Å². The Bertz CT molecular complexity index is 434. The fourth-order valence-electron chi connectivity index (χ4n) is 1.26. The quantitative estimate of drug-likeness (QED) is 0.648. The van der Waals surface area contributed by atoms with Gasteiger partial charge in [0.05, 0.1) is 11.4 Å². The number of carbonyl (C=O) groups is 1. The minimum atomic E-state index is -0.0158. The molecule has 0 fully saturated rings. The highest BCUT2D eigenvalue weighted by molar-refractivity contribution is 9.11. The zero-order valence-electron chi connectivity index (χ0n) is 10.4. The van der Waals surface area contributed by atoms with E-state index in [1.54, 1.807) is 11.8 Å². The normalized spacial score (nSPS) is 12.3. The summed E-state index contributed by atoms with van der Waals surface area (Å²) in [5.41, 5.74) is 6.29. The van der Waals surface area contributed by atoms with Gasteiger partial charge in [0.2, 0.25) is 5.91 Å². The molecule has 0 saturated carbocycles. The lowest BCUT2D eigenvalue weighted by Crippen LogP contribution is -2.18. The second-order valence-electron chi connectivity index (χ2n) is 4.15. The van der Waals surface area contributed by atoms with Gasteiger partial charge in [-0.25, -0.2) is 0 Å². The highest BCUT2D eigenvalue weighted by Gasteiger charge is 2.11. The highest BCUT2D eigenvalue weighted by Crippen LogP contribution is 2.34. The lowest BCUT2D eigenvalue weighted by Gasteiger charge is -2.11. The standard InChI is InChI=1S/C12H15Br3N2OS/c1-7(4-16)5-19-6-11(18)17-12-9(14)2-8(13)3-10(12)15/h2-3,7H,4-6,16H2,1H3,(H,17,18). The average Bonchev–Trinajstić information content (AvgIpc) is 2.33. The van der Waals surface area contributed by atoms with Crippen LogP contribution >= 0.6 is 59.6 Å². The monoisotopic (exact) mass is 472 g/mol. The van der Waals surface area contributed by atoms with E-state index in [2.05, 4.69) is 60.0 Å². The highest BCUT2D eigenvalue weighted by atomic mass is 79.9. The first kappa shape index (κ1) is 17.5. The number of hydrogen-bond acceptors (Lipinski definition) is 3. The van der Waals surface area contributed by atoms with Crippen molar-refractivity contribution in [3.05, 3.63) is 25.6 Å². The largest absolute Gasteiger partial charge is 0.330 e. The number of carbonyl (C=O) groups excluding carboxylic acids is 1. The van der Waals surface area contributed by atoms with Gasteiger partial charge in [-0.2, -0.15) is 11.8 Å². The van der Waals surface area contributed by atoms with Crippen molar-refractivity contribution in [1.82, 2.24) is 0 Å². The molecule has 3 nitrogen and oxygen atoms in total. The Balaban J connectivity index is 2.53. The molecule has 0 aromatic heterocycles. The summed E-state index contributed by atoms with van der Waals surface area (Å²) < 4.78 is 2.61. The van der Waals surface area contributed by atoms with Gasteiger partial charge in [0, 0.05) is 13.4 Å². The van der Waals surface area contributed by atoms with E-state index in [4.69, 9.17) is 5.73 Å². The third-order valence-corrected chi connectivity index (χ3v) is 5.29. The zero-order chi connectivity index (χ0) is 14.4. The molecule has 1 aromatic carbocycles. The van der Waals surface area contributed by atoms with E-state index in [1.807, 2.05) is 12.1 Å². The van der Waals surface area contributed by atoms with Gasteiger partial charge in [-0.15, -0.1) is 0 Å². The Morgan fingerprint density at radius 3 is 2.47 bits per heavy atom. The van der Waals surface area contributed by atoms with Crippen LogP contribution in [0.5, 0.6) is 0 Å². The molecule has 0 bridgehead atoms. The molecule has 7 heteroatoms. The molecule has 106 valence electrons. The SMILES string of the molecule is CC(CN)CSCC(=O)Nc1c(Br)cc(Br)cc1Br. The van der Waals surface area contributed by atoms with E-state index in [9.17, 15) is 4.79 Å². The van der Waals surface area contributed by atoms with Gasteiger partial charge in [0.1, 0.15) is 0 Å². The summed E-state index contributed by atoms with van der Waals surface area (Å²) in [7, 11) is 0. The van der Waals surface area contributed by atoms with Crippen molar-refractivity contribution in [2.75, 3.05) is 23.4 Å². The van der Waals surface area contributed by atoms with Crippen LogP contribution in [-0.4, -0.2) is 24.0 Å². The van der Waals surface area contributed by atoms with Crippen molar-refractivity contribution in [2.45, 2.75) is 6.92 Å². The lowest BCUT2D eigenvalue weighted by atomic mass is 10.2. The van der Waals surface area contributed by atoms with Crippen LogP contribution in [0, 0.1) is 5.92 Å². The number of halogens is 3. The van der Waals surface area contributed by atoms with Crippen LogP contribution in [0.3, 0.4) is 0 Å². The summed E-state index contributed by atoms with van der Waals surface area (Å²) in [5, 5.41) is 2.89. The van der Waals surface area contributed by atoms with Crippen molar-refractivity contribution in [3.63, 3.8) is 0 Å². The lowest BCUT2D eigenvalue weighted by molar-refractivity contribution is -0.113. The number of anilines is 1. The molecule has 0 saturated heterocycles. The predicted molar refractivity (Wildman–Crippen MR) is 93.7 cm³/mol. The van der Waals surface area contributed by atoms with Crippen LogP contribution in [0.15, 0.2) is 25.6 Å². The molecule has 0 aliphatic rings. The molecule has 19 heavy (non-hydrogen) atoms. The zero-order valence-corrected chi connectivity index (χ0v) is 16.0. The number of amides is 1. The summed E-state index contributed by atoms with van der Waals surface area (Å²) in [6.07, 6.45) is 0. The van der Waals surface area contributed by atoms with Crippen LogP contribution < -0.4 is 11.1 Å². The number of hydrogen-bond donors (Lipinski definition) is 2. The summed E-state index contributed by atoms with van der Waals surface area (Å²) >= 11 is 11.8. The topological polar surface area (TPSA) is 55.1 Å². The average molecular weight is 475 g/mol. The second kappa shape index (κ2) is 8.67. The molecule has 1 atom stereocenters. The van der Waals surface area contributed by atoms with E-state index >= 15 is 0 Å². The van der Waals surface area contributed by atoms with Gasteiger partial charge in [-0.1, -0.05) is 22.9 Å². The van der Waals surface area contributed by atoms with E-state index < -0.39 is 0 Å². The molecule has 0 aliphatic heterocycles.